The number of nitrogens with one attached hydrogen (secondary N) is 1. The fraction of sp³-hybridized carbons (Fsp3) is 0.421. The number of ether oxygens (including phenoxy) is 1. The second kappa shape index (κ2) is 6.07. The lowest BCUT2D eigenvalue weighted by Gasteiger charge is -2.16. The molecule has 1 aliphatic heterocycles. The van der Waals surface area contributed by atoms with Crippen LogP contribution in [0.5, 0.6) is 5.75 Å². The largest absolute Gasteiger partial charge is 0.488 e. The van der Waals surface area contributed by atoms with Crippen LogP contribution in [0.25, 0.3) is 22.3 Å². The van der Waals surface area contributed by atoms with E-state index in [4.69, 9.17) is 4.74 Å². The first kappa shape index (κ1) is 16.3. The molecule has 2 aliphatic rings. The standard InChI is InChI=1S/C19H20IN5O/c1-19(5-6-19)26-13-2-3-15-14(8-13)18(24-23-15)16-9-17(22-11-21-16)25-7-4-12(20)10-25/h2-3,8-9,11-12H,4-7,10H2,1H3,(H,23,24)/t12-/m0/s1. The number of aromatic nitrogens is 4. The first-order valence-electron chi connectivity index (χ1n) is 8.98. The molecule has 3 aromatic rings. The number of fused-ring (bicyclic) bond motifs is 1. The molecule has 0 spiro atoms. The Balaban J connectivity index is 1.51. The molecule has 0 radical (unpaired) electrons. The summed E-state index contributed by atoms with van der Waals surface area (Å²) in [6.45, 7) is 4.23. The summed E-state index contributed by atoms with van der Waals surface area (Å²) in [6, 6.07) is 8.14. The van der Waals surface area contributed by atoms with Crippen molar-refractivity contribution in [3.8, 4) is 17.1 Å². The van der Waals surface area contributed by atoms with E-state index in [0.717, 1.165) is 59.8 Å². The van der Waals surface area contributed by atoms with Gasteiger partial charge in [-0.05, 0) is 44.4 Å². The molecule has 2 aromatic heterocycles. The molecule has 1 atom stereocenters. The van der Waals surface area contributed by atoms with Crippen LogP contribution in [0.2, 0.25) is 0 Å². The molecule has 1 N–H and O–H groups in total. The highest BCUT2D eigenvalue weighted by Crippen LogP contribution is 2.40. The molecule has 7 heteroatoms. The molecule has 3 heterocycles. The van der Waals surface area contributed by atoms with E-state index in [1.807, 2.05) is 18.2 Å². The topological polar surface area (TPSA) is 66.9 Å². The van der Waals surface area contributed by atoms with Gasteiger partial charge in [0, 0.05) is 28.5 Å². The fourth-order valence-electron chi connectivity index (χ4n) is 3.39. The molecule has 1 aromatic carbocycles. The van der Waals surface area contributed by atoms with Crippen LogP contribution in [0.3, 0.4) is 0 Å². The molecular formula is C19H20IN5O. The van der Waals surface area contributed by atoms with Crippen LogP contribution < -0.4 is 9.64 Å². The summed E-state index contributed by atoms with van der Waals surface area (Å²) in [6.07, 6.45) is 5.07. The Morgan fingerprint density at radius 3 is 2.92 bits per heavy atom. The molecule has 0 bridgehead atoms. The molecule has 1 saturated carbocycles. The van der Waals surface area contributed by atoms with Gasteiger partial charge < -0.3 is 9.64 Å². The number of H-pyrrole nitrogens is 1. The third kappa shape index (κ3) is 3.02. The van der Waals surface area contributed by atoms with E-state index in [1.165, 1.54) is 6.42 Å². The van der Waals surface area contributed by atoms with Crippen molar-refractivity contribution in [1.82, 2.24) is 20.2 Å². The highest BCUT2D eigenvalue weighted by atomic mass is 127. The van der Waals surface area contributed by atoms with Crippen LogP contribution in [0.15, 0.2) is 30.6 Å². The number of benzene rings is 1. The van der Waals surface area contributed by atoms with Crippen molar-refractivity contribution in [3.63, 3.8) is 0 Å². The lowest BCUT2D eigenvalue weighted by atomic mass is 10.1. The van der Waals surface area contributed by atoms with Gasteiger partial charge in [-0.2, -0.15) is 5.10 Å². The lowest BCUT2D eigenvalue weighted by Crippen LogP contribution is -2.20. The van der Waals surface area contributed by atoms with E-state index < -0.39 is 0 Å². The summed E-state index contributed by atoms with van der Waals surface area (Å²) in [4.78, 5) is 11.3. The highest BCUT2D eigenvalue weighted by molar-refractivity contribution is 14.1. The number of hydrogen-bond acceptors (Lipinski definition) is 5. The number of rotatable bonds is 4. The minimum atomic E-state index is 0.00535. The zero-order valence-electron chi connectivity index (χ0n) is 14.6. The maximum Gasteiger partial charge on any atom is 0.132 e. The minimum Gasteiger partial charge on any atom is -0.488 e. The molecule has 1 aliphatic carbocycles. The van der Waals surface area contributed by atoms with Gasteiger partial charge in [0.2, 0.25) is 0 Å². The van der Waals surface area contributed by atoms with Gasteiger partial charge in [0.15, 0.2) is 0 Å². The lowest BCUT2D eigenvalue weighted by molar-refractivity contribution is 0.200. The van der Waals surface area contributed by atoms with Crippen molar-refractivity contribution in [2.24, 2.45) is 0 Å². The number of halogens is 1. The summed E-state index contributed by atoms with van der Waals surface area (Å²) in [5.41, 5.74) is 2.68. The first-order valence-corrected chi connectivity index (χ1v) is 10.2. The van der Waals surface area contributed by atoms with E-state index >= 15 is 0 Å². The van der Waals surface area contributed by atoms with E-state index in [1.54, 1.807) is 6.33 Å². The smallest absolute Gasteiger partial charge is 0.132 e. The summed E-state index contributed by atoms with van der Waals surface area (Å²) < 4.78 is 6.80. The van der Waals surface area contributed by atoms with Gasteiger partial charge in [-0.3, -0.25) is 5.10 Å². The second-order valence-corrected chi connectivity index (χ2v) is 9.19. The summed E-state index contributed by atoms with van der Waals surface area (Å²) >= 11 is 2.51. The zero-order valence-corrected chi connectivity index (χ0v) is 16.7. The first-order chi connectivity index (χ1) is 12.6. The van der Waals surface area contributed by atoms with Gasteiger partial charge >= 0.3 is 0 Å². The minimum absolute atomic E-state index is 0.00535. The number of aromatic amines is 1. The Labute approximate surface area is 165 Å². The van der Waals surface area contributed by atoms with Crippen molar-refractivity contribution in [2.75, 3.05) is 18.0 Å². The van der Waals surface area contributed by atoms with Gasteiger partial charge in [0.05, 0.1) is 11.2 Å². The van der Waals surface area contributed by atoms with Crippen LogP contribution in [-0.2, 0) is 0 Å². The molecule has 0 unspecified atom stereocenters. The Kier molecular flexibility index (Phi) is 3.80. The van der Waals surface area contributed by atoms with Gasteiger partial charge in [-0.15, -0.1) is 0 Å². The zero-order chi connectivity index (χ0) is 17.7. The molecular weight excluding hydrogens is 441 g/mol. The van der Waals surface area contributed by atoms with Crippen LogP contribution in [0.1, 0.15) is 26.2 Å². The molecule has 26 heavy (non-hydrogen) atoms. The summed E-state index contributed by atoms with van der Waals surface area (Å²) in [5.74, 6) is 1.87. The van der Waals surface area contributed by atoms with Crippen LogP contribution in [-0.4, -0.2) is 42.8 Å². The Bertz CT molecular complexity index is 967. The van der Waals surface area contributed by atoms with E-state index in [2.05, 4.69) is 60.6 Å². The van der Waals surface area contributed by atoms with Crippen molar-refractivity contribution in [1.29, 1.82) is 0 Å². The number of nitrogens with zero attached hydrogens (tertiary/aromatic N) is 4. The van der Waals surface area contributed by atoms with Gasteiger partial charge in [0.25, 0.3) is 0 Å². The molecule has 0 amide bonds. The van der Waals surface area contributed by atoms with Crippen molar-refractivity contribution in [2.45, 2.75) is 35.7 Å². The quantitative estimate of drug-likeness (QED) is 0.471. The Morgan fingerprint density at radius 2 is 2.15 bits per heavy atom. The fourth-order valence-corrected chi connectivity index (χ4v) is 4.14. The number of hydrogen-bond donors (Lipinski definition) is 1. The van der Waals surface area contributed by atoms with Crippen LogP contribution in [0.4, 0.5) is 5.82 Å². The third-order valence-corrected chi connectivity index (χ3v) is 6.22. The van der Waals surface area contributed by atoms with Gasteiger partial charge in [-0.25, -0.2) is 9.97 Å². The monoisotopic (exact) mass is 461 g/mol. The predicted molar refractivity (Wildman–Crippen MR) is 110 cm³/mol. The summed E-state index contributed by atoms with van der Waals surface area (Å²) in [7, 11) is 0. The molecule has 5 rings (SSSR count). The van der Waals surface area contributed by atoms with Crippen LogP contribution >= 0.6 is 22.6 Å². The Morgan fingerprint density at radius 1 is 1.27 bits per heavy atom. The second-order valence-electron chi connectivity index (χ2n) is 7.42. The molecule has 134 valence electrons. The highest BCUT2D eigenvalue weighted by Gasteiger charge is 2.40. The molecule has 6 nitrogen and oxygen atoms in total. The SMILES string of the molecule is CC1(Oc2ccc3[nH]nc(-c4cc(N5CC[C@H](I)C5)ncn4)c3c2)CC1. The average molecular weight is 461 g/mol. The van der Waals surface area contributed by atoms with E-state index in [-0.39, 0.29) is 5.60 Å². The predicted octanol–water partition coefficient (Wildman–Crippen LogP) is 3.96. The van der Waals surface area contributed by atoms with Crippen molar-refractivity contribution in [3.05, 3.63) is 30.6 Å². The average Bonchev–Trinajstić information content (AvgIpc) is 3.05. The molecule has 1 saturated heterocycles. The number of alkyl halides is 1. The maximum absolute atomic E-state index is 6.11. The Hall–Kier alpha value is -1.90. The van der Waals surface area contributed by atoms with Gasteiger partial charge in [-0.1, -0.05) is 22.6 Å². The van der Waals surface area contributed by atoms with E-state index in [0.29, 0.717) is 3.92 Å². The third-order valence-electron chi connectivity index (χ3n) is 5.20. The van der Waals surface area contributed by atoms with E-state index in [9.17, 15) is 0 Å². The summed E-state index contributed by atoms with van der Waals surface area (Å²) in [5, 5.41) is 8.65. The van der Waals surface area contributed by atoms with Gasteiger partial charge in [0.1, 0.15) is 29.2 Å². The van der Waals surface area contributed by atoms with Crippen LogP contribution in [0, 0.1) is 0 Å². The maximum atomic E-state index is 6.11. The molecule has 2 fully saturated rings. The van der Waals surface area contributed by atoms with Crippen molar-refractivity contribution < 1.29 is 4.74 Å². The number of anilines is 1. The normalized spacial score (nSPS) is 21.3. The van der Waals surface area contributed by atoms with Crippen molar-refractivity contribution >= 4 is 39.3 Å².